The minimum atomic E-state index is -0.974. The van der Waals surface area contributed by atoms with Gasteiger partial charge in [-0.1, -0.05) is 34.1 Å². The number of aromatic carboxylic acids is 1. The maximum Gasteiger partial charge on any atom is 0.337 e. The molecular formula is C15H10Br2N2O2. The van der Waals surface area contributed by atoms with Gasteiger partial charge < -0.3 is 5.11 Å². The average Bonchev–Trinajstić information content (AvgIpc) is 2.83. The molecule has 0 fully saturated rings. The van der Waals surface area contributed by atoms with Crippen molar-refractivity contribution in [3.05, 3.63) is 58.2 Å². The highest BCUT2D eigenvalue weighted by atomic mass is 79.9. The molecule has 1 heterocycles. The van der Waals surface area contributed by atoms with Crippen LogP contribution in [-0.2, 0) is 5.33 Å². The first-order valence-electron chi connectivity index (χ1n) is 6.17. The number of hydrogen-bond acceptors (Lipinski definition) is 2. The monoisotopic (exact) mass is 408 g/mol. The number of halogens is 2. The summed E-state index contributed by atoms with van der Waals surface area (Å²) in [7, 11) is 0. The van der Waals surface area contributed by atoms with Crippen LogP contribution in [0.25, 0.3) is 16.6 Å². The molecule has 0 radical (unpaired) electrons. The Morgan fingerprint density at radius 3 is 2.71 bits per heavy atom. The van der Waals surface area contributed by atoms with Crippen LogP contribution in [0.5, 0.6) is 0 Å². The second-order valence-electron chi connectivity index (χ2n) is 4.51. The molecule has 0 aliphatic rings. The molecule has 3 aromatic rings. The first-order chi connectivity index (χ1) is 10.1. The maximum absolute atomic E-state index is 11.4. The summed E-state index contributed by atoms with van der Waals surface area (Å²) in [5.74, 6) is -0.974. The highest BCUT2D eigenvalue weighted by Crippen LogP contribution is 2.29. The molecule has 1 N–H and O–H groups in total. The minimum absolute atomic E-state index is 0.215. The SMILES string of the molecule is O=C(O)c1ccccc1-n1nc2ccc(CBr)cc2c1Br. The third-order valence-corrected chi connectivity index (χ3v) is 4.60. The topological polar surface area (TPSA) is 55.1 Å². The number of carboxylic acids is 1. The summed E-state index contributed by atoms with van der Waals surface area (Å²) in [5.41, 5.74) is 2.70. The Morgan fingerprint density at radius 2 is 2.00 bits per heavy atom. The van der Waals surface area contributed by atoms with Crippen LogP contribution < -0.4 is 0 Å². The van der Waals surface area contributed by atoms with E-state index < -0.39 is 5.97 Å². The second kappa shape index (κ2) is 5.61. The first-order valence-corrected chi connectivity index (χ1v) is 8.09. The summed E-state index contributed by atoms with van der Waals surface area (Å²) in [6, 6.07) is 12.8. The Balaban J connectivity index is 2.26. The van der Waals surface area contributed by atoms with E-state index in [4.69, 9.17) is 0 Å². The molecule has 106 valence electrons. The molecule has 6 heteroatoms. The largest absolute Gasteiger partial charge is 0.478 e. The quantitative estimate of drug-likeness (QED) is 0.653. The zero-order chi connectivity index (χ0) is 15.0. The molecular weight excluding hydrogens is 400 g/mol. The van der Waals surface area contributed by atoms with Gasteiger partial charge >= 0.3 is 5.97 Å². The third-order valence-electron chi connectivity index (χ3n) is 3.19. The van der Waals surface area contributed by atoms with Gasteiger partial charge in [-0.25, -0.2) is 9.48 Å². The summed E-state index contributed by atoms with van der Waals surface area (Å²) in [4.78, 5) is 11.4. The first kappa shape index (κ1) is 14.3. The number of carboxylic acid groups (broad SMARTS) is 1. The van der Waals surface area contributed by atoms with E-state index in [1.807, 2.05) is 18.2 Å². The minimum Gasteiger partial charge on any atom is -0.478 e. The van der Waals surface area contributed by atoms with Crippen LogP contribution in [0.1, 0.15) is 15.9 Å². The van der Waals surface area contributed by atoms with Crippen molar-refractivity contribution in [2.24, 2.45) is 0 Å². The van der Waals surface area contributed by atoms with Gasteiger partial charge in [-0.2, -0.15) is 5.10 Å². The van der Waals surface area contributed by atoms with Gasteiger partial charge in [-0.3, -0.25) is 0 Å². The van der Waals surface area contributed by atoms with Gasteiger partial charge in [0.25, 0.3) is 0 Å². The third kappa shape index (κ3) is 2.49. The van der Waals surface area contributed by atoms with Gasteiger partial charge in [-0.05, 0) is 45.8 Å². The van der Waals surface area contributed by atoms with E-state index in [0.29, 0.717) is 5.69 Å². The van der Waals surface area contributed by atoms with E-state index in [0.717, 1.165) is 26.4 Å². The van der Waals surface area contributed by atoms with E-state index in [1.54, 1.807) is 28.9 Å². The molecule has 1 aromatic heterocycles. The molecule has 0 atom stereocenters. The van der Waals surface area contributed by atoms with Crippen molar-refractivity contribution in [2.45, 2.75) is 5.33 Å². The van der Waals surface area contributed by atoms with Gasteiger partial charge in [-0.15, -0.1) is 0 Å². The van der Waals surface area contributed by atoms with E-state index in [-0.39, 0.29) is 5.56 Å². The Morgan fingerprint density at radius 1 is 1.24 bits per heavy atom. The number of carbonyl (C=O) groups is 1. The number of benzene rings is 2. The predicted octanol–water partition coefficient (Wildman–Crippen LogP) is 4.38. The van der Waals surface area contributed by atoms with Gasteiger partial charge in [0.15, 0.2) is 0 Å². The van der Waals surface area contributed by atoms with Crippen molar-refractivity contribution in [1.29, 1.82) is 0 Å². The lowest BCUT2D eigenvalue weighted by molar-refractivity contribution is 0.0696. The highest BCUT2D eigenvalue weighted by Gasteiger charge is 2.16. The van der Waals surface area contributed by atoms with Crippen LogP contribution in [0.15, 0.2) is 47.1 Å². The van der Waals surface area contributed by atoms with Crippen molar-refractivity contribution < 1.29 is 9.90 Å². The lowest BCUT2D eigenvalue weighted by atomic mass is 10.2. The number of alkyl halides is 1. The van der Waals surface area contributed by atoms with E-state index in [1.165, 1.54) is 0 Å². The van der Waals surface area contributed by atoms with Gasteiger partial charge in [0.05, 0.1) is 16.8 Å². The second-order valence-corrected chi connectivity index (χ2v) is 5.82. The smallest absolute Gasteiger partial charge is 0.337 e. The molecule has 0 amide bonds. The predicted molar refractivity (Wildman–Crippen MR) is 88.4 cm³/mol. The molecule has 2 aromatic carbocycles. The van der Waals surface area contributed by atoms with Crippen LogP contribution in [0.2, 0.25) is 0 Å². The fourth-order valence-electron chi connectivity index (χ4n) is 2.18. The maximum atomic E-state index is 11.4. The standard InChI is InChI=1S/C15H10Br2N2O2/c16-8-9-5-6-12-11(7-9)14(17)19(18-12)13-4-2-1-3-10(13)15(20)21/h1-7H,8H2,(H,20,21). The van der Waals surface area contributed by atoms with E-state index >= 15 is 0 Å². The van der Waals surface area contributed by atoms with Crippen molar-refractivity contribution in [3.8, 4) is 5.69 Å². The number of aromatic nitrogens is 2. The number of rotatable bonds is 3. The van der Waals surface area contributed by atoms with Crippen LogP contribution in [0.4, 0.5) is 0 Å². The Bertz CT molecular complexity index is 843. The molecule has 0 saturated heterocycles. The van der Waals surface area contributed by atoms with Crippen molar-refractivity contribution in [2.75, 3.05) is 0 Å². The Kier molecular flexibility index (Phi) is 3.82. The zero-order valence-electron chi connectivity index (χ0n) is 10.8. The van der Waals surface area contributed by atoms with Crippen molar-refractivity contribution >= 4 is 48.7 Å². The Labute approximate surface area is 137 Å². The summed E-state index contributed by atoms with van der Waals surface area (Å²) in [6.45, 7) is 0. The van der Waals surface area contributed by atoms with Crippen molar-refractivity contribution in [3.63, 3.8) is 0 Å². The number of hydrogen-bond donors (Lipinski definition) is 1. The van der Waals surface area contributed by atoms with Gasteiger partial charge in [0.1, 0.15) is 4.60 Å². The van der Waals surface area contributed by atoms with Crippen LogP contribution >= 0.6 is 31.9 Å². The van der Waals surface area contributed by atoms with Crippen LogP contribution in [0.3, 0.4) is 0 Å². The lowest BCUT2D eigenvalue weighted by Gasteiger charge is -2.06. The highest BCUT2D eigenvalue weighted by molar-refractivity contribution is 9.10. The summed E-state index contributed by atoms with van der Waals surface area (Å²) in [6.07, 6.45) is 0. The van der Waals surface area contributed by atoms with Gasteiger partial charge in [0.2, 0.25) is 0 Å². The molecule has 3 rings (SSSR count). The Hall–Kier alpha value is -1.66. The van der Waals surface area contributed by atoms with E-state index in [2.05, 4.69) is 37.0 Å². The summed E-state index contributed by atoms with van der Waals surface area (Å²) >= 11 is 6.96. The molecule has 0 unspecified atom stereocenters. The molecule has 0 aliphatic heterocycles. The lowest BCUT2D eigenvalue weighted by Crippen LogP contribution is -2.06. The van der Waals surface area contributed by atoms with Crippen LogP contribution in [0, 0.1) is 0 Å². The normalized spacial score (nSPS) is 11.0. The molecule has 4 nitrogen and oxygen atoms in total. The molecule has 0 saturated carbocycles. The average molecular weight is 410 g/mol. The fraction of sp³-hybridized carbons (Fsp3) is 0.0667. The number of para-hydroxylation sites is 1. The molecule has 21 heavy (non-hydrogen) atoms. The number of fused-ring (bicyclic) bond motifs is 1. The summed E-state index contributed by atoms with van der Waals surface area (Å²) in [5, 5.41) is 15.5. The molecule has 0 spiro atoms. The van der Waals surface area contributed by atoms with E-state index in [9.17, 15) is 9.90 Å². The molecule has 0 aliphatic carbocycles. The van der Waals surface area contributed by atoms with Crippen LogP contribution in [-0.4, -0.2) is 20.9 Å². The zero-order valence-corrected chi connectivity index (χ0v) is 13.9. The number of nitrogens with zero attached hydrogens (tertiary/aromatic N) is 2. The summed E-state index contributed by atoms with van der Waals surface area (Å²) < 4.78 is 2.36. The van der Waals surface area contributed by atoms with Crippen molar-refractivity contribution in [1.82, 2.24) is 9.78 Å². The fourth-order valence-corrected chi connectivity index (χ4v) is 3.12. The van der Waals surface area contributed by atoms with Gasteiger partial charge in [0, 0.05) is 10.7 Å². The molecule has 0 bridgehead atoms.